The van der Waals surface area contributed by atoms with E-state index in [4.69, 9.17) is 15.2 Å². The van der Waals surface area contributed by atoms with E-state index in [1.54, 1.807) is 12.3 Å². The molecular weight excluding hydrogens is 358 g/mol. The van der Waals surface area contributed by atoms with Crippen LogP contribution < -0.4 is 10.5 Å². The Morgan fingerprint density at radius 1 is 1.21 bits per heavy atom. The van der Waals surface area contributed by atoms with E-state index in [2.05, 4.69) is 15.0 Å². The van der Waals surface area contributed by atoms with Crippen molar-refractivity contribution in [2.24, 2.45) is 0 Å². The van der Waals surface area contributed by atoms with Crippen LogP contribution in [0.25, 0.3) is 21.9 Å². The van der Waals surface area contributed by atoms with Gasteiger partial charge >= 0.3 is 0 Å². The Balaban J connectivity index is 1.29. The minimum absolute atomic E-state index is 0.233. The molecule has 142 valence electrons. The molecule has 8 heteroatoms. The van der Waals surface area contributed by atoms with Gasteiger partial charge in [0.1, 0.15) is 36.3 Å². The fourth-order valence-corrected chi connectivity index (χ4v) is 3.58. The molecule has 5 rings (SSSR count). The van der Waals surface area contributed by atoms with Gasteiger partial charge in [0, 0.05) is 35.7 Å². The predicted molar refractivity (Wildman–Crippen MR) is 104 cm³/mol. The second kappa shape index (κ2) is 6.74. The first-order valence-electron chi connectivity index (χ1n) is 9.06. The van der Waals surface area contributed by atoms with Gasteiger partial charge in [-0.3, -0.25) is 0 Å². The number of fused-ring (bicyclic) bond motifs is 2. The summed E-state index contributed by atoms with van der Waals surface area (Å²) in [5, 5.41) is 12.4. The second-order valence-electron chi connectivity index (χ2n) is 6.88. The number of nitrogen functional groups attached to an aromatic ring is 1. The standard InChI is InChI=1S/C20H19N5O3/c21-18-4-2-12-1-3-14(7-16(12)24-18)27-10-15-8-17(26)20(28-15)25-6-5-13-9-22-11-23-19(13)25/h1-7,9,11,15,17,20,26H,8,10H2,(H2,21,24)/t15?,17-,20?/m1/s1. The first-order chi connectivity index (χ1) is 13.7. The highest BCUT2D eigenvalue weighted by molar-refractivity contribution is 5.81. The van der Waals surface area contributed by atoms with Crippen LogP contribution in [0.4, 0.5) is 5.82 Å². The van der Waals surface area contributed by atoms with E-state index in [9.17, 15) is 5.11 Å². The molecule has 4 heterocycles. The Morgan fingerprint density at radius 3 is 3.04 bits per heavy atom. The smallest absolute Gasteiger partial charge is 0.161 e. The number of anilines is 1. The van der Waals surface area contributed by atoms with Crippen molar-refractivity contribution in [3.63, 3.8) is 0 Å². The van der Waals surface area contributed by atoms with Gasteiger partial charge in [-0.15, -0.1) is 0 Å². The molecule has 0 spiro atoms. The summed E-state index contributed by atoms with van der Waals surface area (Å²) in [5.41, 5.74) is 7.27. The predicted octanol–water partition coefficient (Wildman–Crippen LogP) is 2.29. The van der Waals surface area contributed by atoms with Crippen LogP contribution in [0.2, 0.25) is 0 Å². The lowest BCUT2D eigenvalue weighted by Gasteiger charge is -2.17. The summed E-state index contributed by atoms with van der Waals surface area (Å²) in [6, 6.07) is 11.3. The van der Waals surface area contributed by atoms with E-state index in [0.717, 1.165) is 21.9 Å². The first kappa shape index (κ1) is 16.9. The van der Waals surface area contributed by atoms with Gasteiger partial charge in [-0.25, -0.2) is 15.0 Å². The zero-order valence-electron chi connectivity index (χ0n) is 15.0. The van der Waals surface area contributed by atoms with Crippen LogP contribution in [-0.4, -0.2) is 43.4 Å². The lowest BCUT2D eigenvalue weighted by molar-refractivity contribution is -0.0454. The summed E-state index contributed by atoms with van der Waals surface area (Å²) in [6.07, 6.45) is 4.19. The Labute approximate surface area is 160 Å². The van der Waals surface area contributed by atoms with Gasteiger partial charge in [0.25, 0.3) is 0 Å². The van der Waals surface area contributed by atoms with Crippen LogP contribution in [0.1, 0.15) is 12.6 Å². The number of nitrogens with two attached hydrogens (primary N) is 1. The molecule has 8 nitrogen and oxygen atoms in total. The molecule has 28 heavy (non-hydrogen) atoms. The lowest BCUT2D eigenvalue weighted by Crippen LogP contribution is -2.19. The normalized spacial score (nSPS) is 22.1. The summed E-state index contributed by atoms with van der Waals surface area (Å²) >= 11 is 0. The maximum Gasteiger partial charge on any atom is 0.161 e. The number of aromatic nitrogens is 4. The molecule has 1 aliphatic rings. The fourth-order valence-electron chi connectivity index (χ4n) is 3.58. The maximum atomic E-state index is 10.5. The van der Waals surface area contributed by atoms with Crippen LogP contribution in [0.3, 0.4) is 0 Å². The van der Waals surface area contributed by atoms with Gasteiger partial charge in [-0.2, -0.15) is 0 Å². The Bertz CT molecular complexity index is 1150. The molecule has 3 N–H and O–H groups in total. The number of aliphatic hydroxyl groups is 1. The third kappa shape index (κ3) is 3.02. The van der Waals surface area contributed by atoms with Crippen molar-refractivity contribution >= 4 is 27.8 Å². The molecular formula is C20H19N5O3. The largest absolute Gasteiger partial charge is 0.491 e. The van der Waals surface area contributed by atoms with Crippen LogP contribution in [0, 0.1) is 0 Å². The Kier molecular flexibility index (Phi) is 4.07. The average Bonchev–Trinajstić information content (AvgIpc) is 3.29. The number of rotatable bonds is 4. The van der Waals surface area contributed by atoms with Gasteiger partial charge in [0.2, 0.25) is 0 Å². The van der Waals surface area contributed by atoms with Crippen LogP contribution in [-0.2, 0) is 4.74 Å². The summed E-state index contributed by atoms with van der Waals surface area (Å²) in [5.74, 6) is 1.16. The van der Waals surface area contributed by atoms with Crippen molar-refractivity contribution < 1.29 is 14.6 Å². The highest BCUT2D eigenvalue weighted by atomic mass is 16.6. The monoisotopic (exact) mass is 377 g/mol. The van der Waals surface area contributed by atoms with Gasteiger partial charge in [-0.05, 0) is 30.3 Å². The molecule has 3 aromatic heterocycles. The van der Waals surface area contributed by atoms with Gasteiger partial charge < -0.3 is 24.9 Å². The molecule has 0 saturated carbocycles. The van der Waals surface area contributed by atoms with E-state index in [-0.39, 0.29) is 6.10 Å². The topological polar surface area (TPSA) is 108 Å². The van der Waals surface area contributed by atoms with Gasteiger partial charge in [0.05, 0.1) is 11.6 Å². The molecule has 1 fully saturated rings. The number of ether oxygens (including phenoxy) is 2. The minimum atomic E-state index is -0.641. The highest BCUT2D eigenvalue weighted by Crippen LogP contribution is 2.32. The van der Waals surface area contributed by atoms with Gasteiger partial charge in [0.15, 0.2) is 6.23 Å². The third-order valence-electron chi connectivity index (χ3n) is 4.94. The molecule has 1 saturated heterocycles. The van der Waals surface area contributed by atoms with Crippen molar-refractivity contribution in [1.82, 2.24) is 19.5 Å². The van der Waals surface area contributed by atoms with Crippen LogP contribution in [0.5, 0.6) is 5.75 Å². The van der Waals surface area contributed by atoms with Crippen molar-refractivity contribution in [3.05, 3.63) is 55.1 Å². The quantitative estimate of drug-likeness (QED) is 0.562. The molecule has 3 atom stereocenters. The van der Waals surface area contributed by atoms with E-state index in [1.165, 1.54) is 6.33 Å². The van der Waals surface area contributed by atoms with Crippen molar-refractivity contribution in [2.75, 3.05) is 12.3 Å². The maximum absolute atomic E-state index is 10.5. The molecule has 0 amide bonds. The van der Waals surface area contributed by atoms with Crippen molar-refractivity contribution in [2.45, 2.75) is 24.9 Å². The zero-order chi connectivity index (χ0) is 19.1. The first-order valence-corrected chi connectivity index (χ1v) is 9.06. The number of hydrogen-bond acceptors (Lipinski definition) is 7. The van der Waals surface area contributed by atoms with E-state index in [1.807, 2.05) is 41.1 Å². The molecule has 0 bridgehead atoms. The summed E-state index contributed by atoms with van der Waals surface area (Å²) in [7, 11) is 0. The van der Waals surface area contributed by atoms with E-state index < -0.39 is 12.3 Å². The number of nitrogens with zero attached hydrogens (tertiary/aromatic N) is 4. The summed E-state index contributed by atoms with van der Waals surface area (Å²) in [4.78, 5) is 12.6. The second-order valence-corrected chi connectivity index (χ2v) is 6.88. The van der Waals surface area contributed by atoms with E-state index >= 15 is 0 Å². The fraction of sp³-hybridized carbons (Fsp3) is 0.250. The number of pyridine rings is 1. The van der Waals surface area contributed by atoms with E-state index in [0.29, 0.717) is 24.6 Å². The Morgan fingerprint density at radius 2 is 2.11 bits per heavy atom. The lowest BCUT2D eigenvalue weighted by atomic mass is 10.2. The summed E-state index contributed by atoms with van der Waals surface area (Å²) < 4.78 is 13.8. The molecule has 2 unspecified atom stereocenters. The van der Waals surface area contributed by atoms with Crippen LogP contribution in [0.15, 0.2) is 55.1 Å². The van der Waals surface area contributed by atoms with Crippen molar-refractivity contribution in [3.8, 4) is 5.75 Å². The molecule has 1 aromatic carbocycles. The third-order valence-corrected chi connectivity index (χ3v) is 4.94. The summed E-state index contributed by atoms with van der Waals surface area (Å²) in [6.45, 7) is 0.329. The number of aliphatic hydroxyl groups excluding tert-OH is 1. The van der Waals surface area contributed by atoms with Crippen molar-refractivity contribution in [1.29, 1.82) is 0 Å². The molecule has 0 radical (unpaired) electrons. The Hall–Kier alpha value is -3.23. The minimum Gasteiger partial charge on any atom is -0.491 e. The molecule has 1 aliphatic heterocycles. The molecule has 4 aromatic rings. The van der Waals surface area contributed by atoms with Crippen LogP contribution >= 0.6 is 0 Å². The number of benzene rings is 1. The SMILES string of the molecule is Nc1ccc2ccc(OCC3C[C@@H](O)C(n4ccc5cncnc54)O3)cc2n1. The zero-order valence-corrected chi connectivity index (χ0v) is 15.0. The average molecular weight is 377 g/mol. The number of hydrogen-bond donors (Lipinski definition) is 2. The highest BCUT2D eigenvalue weighted by Gasteiger charge is 2.36. The molecule has 0 aliphatic carbocycles. The van der Waals surface area contributed by atoms with Gasteiger partial charge in [-0.1, -0.05) is 0 Å².